The zero-order valence-electron chi connectivity index (χ0n) is 16.9. The smallest absolute Gasteiger partial charge is 0.244 e. The monoisotopic (exact) mass is 443 g/mol. The molecule has 2 aromatic rings. The van der Waals surface area contributed by atoms with Crippen molar-refractivity contribution in [1.29, 1.82) is 0 Å². The van der Waals surface area contributed by atoms with Crippen LogP contribution in [0, 0.1) is 0 Å². The van der Waals surface area contributed by atoms with Gasteiger partial charge in [-0.2, -0.15) is 4.31 Å². The Bertz CT molecular complexity index is 1030. The molecule has 9 heteroatoms. The first-order chi connectivity index (χ1) is 14.9. The molecule has 0 bridgehead atoms. The quantitative estimate of drug-likeness (QED) is 0.589. The fourth-order valence-electron chi connectivity index (χ4n) is 3.15. The third-order valence-corrected chi connectivity index (χ3v) is 6.77. The lowest BCUT2D eigenvalue weighted by atomic mass is 10.1. The number of rotatable bonds is 8. The summed E-state index contributed by atoms with van der Waals surface area (Å²) >= 11 is 0. The van der Waals surface area contributed by atoms with E-state index in [0.717, 1.165) is 5.56 Å². The molecule has 1 aliphatic heterocycles. The predicted octanol–water partition coefficient (Wildman–Crippen LogP) is 0.933. The number of amides is 2. The Labute approximate surface area is 181 Å². The lowest BCUT2D eigenvalue weighted by Gasteiger charge is -2.26. The normalized spacial score (nSPS) is 16.1. The predicted molar refractivity (Wildman–Crippen MR) is 116 cm³/mol. The molecule has 1 unspecified atom stereocenters. The van der Waals surface area contributed by atoms with Gasteiger partial charge in [0, 0.05) is 25.6 Å². The molecule has 0 spiro atoms. The summed E-state index contributed by atoms with van der Waals surface area (Å²) in [6.45, 7) is 1.42. The van der Waals surface area contributed by atoms with Crippen LogP contribution in [0.1, 0.15) is 11.1 Å². The van der Waals surface area contributed by atoms with Crippen LogP contribution in [0.15, 0.2) is 65.6 Å². The molecule has 3 rings (SSSR count). The van der Waals surface area contributed by atoms with Crippen molar-refractivity contribution in [2.75, 3.05) is 26.3 Å². The van der Waals surface area contributed by atoms with E-state index in [1.54, 1.807) is 18.2 Å². The summed E-state index contributed by atoms with van der Waals surface area (Å²) in [7, 11) is -3.57. The molecule has 0 aromatic heterocycles. The molecule has 3 N–H and O–H groups in total. The topological polar surface area (TPSA) is 119 Å². The van der Waals surface area contributed by atoms with E-state index >= 15 is 0 Å². The lowest BCUT2D eigenvalue weighted by Crippen LogP contribution is -2.45. The average molecular weight is 444 g/mol. The minimum absolute atomic E-state index is 0.188. The van der Waals surface area contributed by atoms with E-state index in [-0.39, 0.29) is 4.90 Å². The minimum Gasteiger partial charge on any atom is -0.379 e. The second kappa shape index (κ2) is 10.3. The van der Waals surface area contributed by atoms with Crippen LogP contribution < -0.4 is 11.1 Å². The fourth-order valence-corrected chi connectivity index (χ4v) is 4.56. The van der Waals surface area contributed by atoms with Crippen LogP contribution in [0.4, 0.5) is 0 Å². The first kappa shape index (κ1) is 22.7. The third-order valence-electron chi connectivity index (χ3n) is 4.86. The van der Waals surface area contributed by atoms with Crippen molar-refractivity contribution < 1.29 is 22.7 Å². The fraction of sp³-hybridized carbons (Fsp3) is 0.273. The number of hydrogen-bond acceptors (Lipinski definition) is 5. The molecular weight excluding hydrogens is 418 g/mol. The number of primary amides is 1. The van der Waals surface area contributed by atoms with Crippen LogP contribution >= 0.6 is 0 Å². The summed E-state index contributed by atoms with van der Waals surface area (Å²) in [6.07, 6.45) is 3.12. The summed E-state index contributed by atoms with van der Waals surface area (Å²) in [5.41, 5.74) is 6.94. The van der Waals surface area contributed by atoms with E-state index < -0.39 is 27.9 Å². The van der Waals surface area contributed by atoms with E-state index in [2.05, 4.69) is 5.32 Å². The van der Waals surface area contributed by atoms with Gasteiger partial charge in [0.05, 0.1) is 18.1 Å². The highest BCUT2D eigenvalue weighted by Crippen LogP contribution is 2.18. The summed E-state index contributed by atoms with van der Waals surface area (Å²) in [6, 6.07) is 14.7. The second-order valence-corrected chi connectivity index (χ2v) is 9.01. The maximum atomic E-state index is 12.6. The lowest BCUT2D eigenvalue weighted by molar-refractivity contribution is -0.124. The SMILES string of the molecule is NC(=O)C(Cc1ccccc1)NC(=O)/C=C/c1ccc(S(=O)(=O)N2CCOCC2)cc1. The van der Waals surface area contributed by atoms with Gasteiger partial charge in [-0.15, -0.1) is 0 Å². The molecule has 164 valence electrons. The van der Waals surface area contributed by atoms with Crippen LogP contribution in [-0.2, 0) is 30.8 Å². The molecular formula is C22H25N3O5S. The first-order valence-electron chi connectivity index (χ1n) is 9.86. The summed E-state index contributed by atoms with van der Waals surface area (Å²) in [5.74, 6) is -1.09. The van der Waals surface area contributed by atoms with Crippen molar-refractivity contribution in [2.45, 2.75) is 17.4 Å². The van der Waals surface area contributed by atoms with Gasteiger partial charge in [-0.3, -0.25) is 9.59 Å². The van der Waals surface area contributed by atoms with E-state index in [1.165, 1.54) is 22.5 Å². The Morgan fingerprint density at radius 3 is 2.32 bits per heavy atom. The third kappa shape index (κ3) is 6.24. The van der Waals surface area contributed by atoms with Gasteiger partial charge in [0.2, 0.25) is 21.8 Å². The zero-order chi connectivity index (χ0) is 22.3. The van der Waals surface area contributed by atoms with Crippen LogP contribution in [0.3, 0.4) is 0 Å². The number of benzene rings is 2. The molecule has 0 radical (unpaired) electrons. The molecule has 0 saturated carbocycles. The van der Waals surface area contributed by atoms with E-state index in [9.17, 15) is 18.0 Å². The van der Waals surface area contributed by atoms with Gasteiger partial charge in [-0.1, -0.05) is 42.5 Å². The van der Waals surface area contributed by atoms with E-state index in [4.69, 9.17) is 10.5 Å². The molecule has 1 heterocycles. The van der Waals surface area contributed by atoms with Crippen LogP contribution in [-0.4, -0.2) is 56.9 Å². The molecule has 1 atom stereocenters. The first-order valence-corrected chi connectivity index (χ1v) is 11.3. The number of nitrogens with zero attached hydrogens (tertiary/aromatic N) is 1. The number of carbonyl (C=O) groups excluding carboxylic acids is 2. The van der Waals surface area contributed by atoms with Gasteiger partial charge in [0.25, 0.3) is 0 Å². The number of hydrogen-bond donors (Lipinski definition) is 2. The molecule has 2 amide bonds. The van der Waals surface area contributed by atoms with Crippen molar-refractivity contribution in [3.05, 3.63) is 71.8 Å². The van der Waals surface area contributed by atoms with Gasteiger partial charge in [-0.05, 0) is 29.3 Å². The van der Waals surface area contributed by atoms with Crippen molar-refractivity contribution in [3.8, 4) is 0 Å². The Kier molecular flexibility index (Phi) is 7.56. The van der Waals surface area contributed by atoms with Crippen molar-refractivity contribution in [2.24, 2.45) is 5.73 Å². The maximum absolute atomic E-state index is 12.6. The second-order valence-electron chi connectivity index (χ2n) is 7.07. The van der Waals surface area contributed by atoms with Crippen molar-refractivity contribution in [1.82, 2.24) is 9.62 Å². The van der Waals surface area contributed by atoms with Crippen LogP contribution in [0.25, 0.3) is 6.08 Å². The minimum atomic E-state index is -3.57. The molecule has 2 aromatic carbocycles. The number of sulfonamides is 1. The van der Waals surface area contributed by atoms with Crippen molar-refractivity contribution >= 4 is 27.9 Å². The number of carbonyl (C=O) groups is 2. The van der Waals surface area contributed by atoms with E-state index in [1.807, 2.05) is 30.3 Å². The molecule has 1 aliphatic rings. The summed E-state index contributed by atoms with van der Waals surface area (Å²) in [5, 5.41) is 2.60. The maximum Gasteiger partial charge on any atom is 0.244 e. The van der Waals surface area contributed by atoms with Gasteiger partial charge < -0.3 is 15.8 Å². The number of nitrogens with one attached hydrogen (secondary N) is 1. The van der Waals surface area contributed by atoms with Crippen LogP contribution in [0.2, 0.25) is 0 Å². The van der Waals surface area contributed by atoms with Crippen LogP contribution in [0.5, 0.6) is 0 Å². The molecule has 0 aliphatic carbocycles. The highest BCUT2D eigenvalue weighted by atomic mass is 32.2. The van der Waals surface area contributed by atoms with Crippen molar-refractivity contribution in [3.63, 3.8) is 0 Å². The highest BCUT2D eigenvalue weighted by molar-refractivity contribution is 7.89. The number of morpholine rings is 1. The summed E-state index contributed by atoms with van der Waals surface area (Å²) < 4.78 is 31.9. The molecule has 8 nitrogen and oxygen atoms in total. The van der Waals surface area contributed by atoms with Gasteiger partial charge in [-0.25, -0.2) is 8.42 Å². The Morgan fingerprint density at radius 2 is 1.71 bits per heavy atom. The zero-order valence-corrected chi connectivity index (χ0v) is 17.8. The summed E-state index contributed by atoms with van der Waals surface area (Å²) in [4.78, 5) is 24.1. The van der Waals surface area contributed by atoms with Gasteiger partial charge in [0.15, 0.2) is 0 Å². The Morgan fingerprint density at radius 1 is 1.06 bits per heavy atom. The standard InChI is InChI=1S/C22H25N3O5S/c23-22(27)20(16-18-4-2-1-3-5-18)24-21(26)11-8-17-6-9-19(10-7-17)31(28,29)25-12-14-30-15-13-25/h1-11,20H,12-16H2,(H2,23,27)(H,24,26)/b11-8+. The molecule has 1 fully saturated rings. The average Bonchev–Trinajstić information content (AvgIpc) is 2.79. The van der Waals surface area contributed by atoms with E-state index in [0.29, 0.717) is 38.3 Å². The number of nitrogens with two attached hydrogens (primary N) is 1. The molecule has 31 heavy (non-hydrogen) atoms. The largest absolute Gasteiger partial charge is 0.379 e. The molecule has 1 saturated heterocycles. The number of ether oxygens (including phenoxy) is 1. The highest BCUT2D eigenvalue weighted by Gasteiger charge is 2.26. The Balaban J connectivity index is 1.61. The van der Waals surface area contributed by atoms with Gasteiger partial charge in [0.1, 0.15) is 6.04 Å². The Hall–Kier alpha value is -3.01. The van der Waals surface area contributed by atoms with Gasteiger partial charge >= 0.3 is 0 Å².